The lowest BCUT2D eigenvalue weighted by molar-refractivity contribution is -0.159. The summed E-state index contributed by atoms with van der Waals surface area (Å²) in [5.74, 6) is -1.47. The first-order valence-electron chi connectivity index (χ1n) is 5.69. The molecule has 2 aliphatic heterocycles. The van der Waals surface area contributed by atoms with Gasteiger partial charge >= 0.3 is 5.97 Å². The van der Waals surface area contributed by atoms with Gasteiger partial charge in [0.2, 0.25) is 11.8 Å². The summed E-state index contributed by atoms with van der Waals surface area (Å²) in [6, 6.07) is 0. The van der Waals surface area contributed by atoms with Crippen molar-refractivity contribution in [3.8, 4) is 0 Å². The lowest BCUT2D eigenvalue weighted by Crippen LogP contribution is -2.48. The quantitative estimate of drug-likeness (QED) is 0.704. The van der Waals surface area contributed by atoms with E-state index >= 15 is 0 Å². The summed E-state index contributed by atoms with van der Waals surface area (Å²) in [5.41, 5.74) is -1.02. The summed E-state index contributed by atoms with van der Waals surface area (Å²) in [7, 11) is 0. The fraction of sp³-hybridized carbons (Fsp3) is 0.727. The van der Waals surface area contributed by atoms with Gasteiger partial charge in [0.25, 0.3) is 0 Å². The number of hydrogen-bond acceptors (Lipinski definition) is 4. The van der Waals surface area contributed by atoms with Crippen LogP contribution in [0, 0.1) is 5.41 Å². The Kier molecular flexibility index (Phi) is 3.15. The van der Waals surface area contributed by atoms with E-state index in [2.05, 4.69) is 0 Å². The fourth-order valence-electron chi connectivity index (χ4n) is 2.30. The smallest absolute Gasteiger partial charge is 0.311 e. The van der Waals surface area contributed by atoms with Crippen LogP contribution in [0.2, 0.25) is 0 Å². The number of carbonyl (C=O) groups excluding carboxylic acids is 2. The zero-order chi connectivity index (χ0) is 12.5. The van der Waals surface area contributed by atoms with Crippen LogP contribution in [0.25, 0.3) is 0 Å². The predicted molar refractivity (Wildman–Crippen MR) is 56.1 cm³/mol. The number of nitrogens with zero attached hydrogens (tertiary/aromatic N) is 1. The summed E-state index contributed by atoms with van der Waals surface area (Å²) in [5, 5.41) is 9.32. The van der Waals surface area contributed by atoms with Crippen LogP contribution in [-0.2, 0) is 19.1 Å². The molecular formula is C11H15NO5. The molecule has 0 spiro atoms. The van der Waals surface area contributed by atoms with E-state index in [-0.39, 0.29) is 31.2 Å². The minimum Gasteiger partial charge on any atom is -0.481 e. The normalized spacial score (nSPS) is 24.1. The number of carboxylic acid groups (broad SMARTS) is 1. The molecule has 1 N–H and O–H groups in total. The van der Waals surface area contributed by atoms with E-state index in [1.807, 2.05) is 0 Å². The second-order valence-corrected chi connectivity index (χ2v) is 4.57. The molecule has 0 unspecified atom stereocenters. The molecule has 94 valence electrons. The largest absolute Gasteiger partial charge is 0.481 e. The van der Waals surface area contributed by atoms with Crippen LogP contribution in [0.4, 0.5) is 0 Å². The number of carboxylic acids is 1. The van der Waals surface area contributed by atoms with Gasteiger partial charge in [-0.25, -0.2) is 0 Å². The Morgan fingerprint density at radius 2 is 1.76 bits per heavy atom. The highest BCUT2D eigenvalue weighted by Gasteiger charge is 2.45. The minimum absolute atomic E-state index is 0.0106. The van der Waals surface area contributed by atoms with Crippen molar-refractivity contribution >= 4 is 17.8 Å². The summed E-state index contributed by atoms with van der Waals surface area (Å²) in [6.07, 6.45) is 1.09. The van der Waals surface area contributed by atoms with Crippen LogP contribution < -0.4 is 0 Å². The lowest BCUT2D eigenvalue weighted by atomic mass is 9.80. The molecular weight excluding hydrogens is 226 g/mol. The molecule has 2 amide bonds. The number of rotatable bonds is 3. The molecule has 2 saturated heterocycles. The summed E-state index contributed by atoms with van der Waals surface area (Å²) in [6.45, 7) is 0.717. The van der Waals surface area contributed by atoms with Crippen LogP contribution in [-0.4, -0.2) is 47.5 Å². The number of ether oxygens (including phenoxy) is 1. The second kappa shape index (κ2) is 4.44. The van der Waals surface area contributed by atoms with Gasteiger partial charge < -0.3 is 9.84 Å². The van der Waals surface area contributed by atoms with E-state index in [0.29, 0.717) is 26.1 Å². The number of aliphatic carboxylic acids is 1. The number of carbonyl (C=O) groups is 3. The highest BCUT2D eigenvalue weighted by Crippen LogP contribution is 2.33. The molecule has 2 heterocycles. The maximum atomic E-state index is 11.5. The van der Waals surface area contributed by atoms with Crippen LogP contribution in [0.15, 0.2) is 0 Å². The number of amides is 2. The first kappa shape index (κ1) is 12.0. The zero-order valence-corrected chi connectivity index (χ0v) is 9.48. The Hall–Kier alpha value is -1.43. The Morgan fingerprint density at radius 1 is 1.24 bits per heavy atom. The summed E-state index contributed by atoms with van der Waals surface area (Å²) < 4.78 is 5.14. The molecule has 0 aromatic rings. The van der Waals surface area contributed by atoms with Gasteiger partial charge in [-0.15, -0.1) is 0 Å². The van der Waals surface area contributed by atoms with Crippen molar-refractivity contribution in [2.24, 2.45) is 5.41 Å². The van der Waals surface area contributed by atoms with Gasteiger partial charge in [0.05, 0.1) is 5.41 Å². The highest BCUT2D eigenvalue weighted by molar-refractivity contribution is 6.02. The highest BCUT2D eigenvalue weighted by atomic mass is 16.5. The van der Waals surface area contributed by atoms with Crippen molar-refractivity contribution in [2.45, 2.75) is 25.7 Å². The van der Waals surface area contributed by atoms with Gasteiger partial charge in [0, 0.05) is 32.6 Å². The van der Waals surface area contributed by atoms with Crippen molar-refractivity contribution in [1.29, 1.82) is 0 Å². The maximum absolute atomic E-state index is 11.5. The molecule has 0 aromatic heterocycles. The lowest BCUT2D eigenvalue weighted by Gasteiger charge is -2.35. The van der Waals surface area contributed by atoms with E-state index in [4.69, 9.17) is 4.74 Å². The topological polar surface area (TPSA) is 83.9 Å². The molecule has 6 heteroatoms. The Bertz CT molecular complexity index is 343. The van der Waals surface area contributed by atoms with E-state index in [0.717, 1.165) is 4.90 Å². The summed E-state index contributed by atoms with van der Waals surface area (Å²) in [4.78, 5) is 35.5. The van der Waals surface area contributed by atoms with Gasteiger partial charge in [-0.05, 0) is 12.8 Å². The monoisotopic (exact) mass is 241 g/mol. The average Bonchev–Trinajstić information content (AvgIpc) is 2.62. The van der Waals surface area contributed by atoms with E-state index in [1.54, 1.807) is 0 Å². The molecule has 2 rings (SSSR count). The van der Waals surface area contributed by atoms with Crippen molar-refractivity contribution in [1.82, 2.24) is 4.90 Å². The molecule has 2 fully saturated rings. The number of likely N-dealkylation sites (tertiary alicyclic amines) is 1. The van der Waals surface area contributed by atoms with Crippen LogP contribution in [0.1, 0.15) is 25.7 Å². The van der Waals surface area contributed by atoms with Crippen LogP contribution in [0.3, 0.4) is 0 Å². The van der Waals surface area contributed by atoms with Crippen LogP contribution in [0.5, 0.6) is 0 Å². The van der Waals surface area contributed by atoms with Crippen molar-refractivity contribution in [3.63, 3.8) is 0 Å². The molecule has 0 aliphatic carbocycles. The maximum Gasteiger partial charge on any atom is 0.311 e. The number of imide groups is 1. The fourth-order valence-corrected chi connectivity index (χ4v) is 2.30. The zero-order valence-electron chi connectivity index (χ0n) is 9.48. The SMILES string of the molecule is O=C1CCC(=O)N1CC1(C(=O)O)CCOCC1. The second-order valence-electron chi connectivity index (χ2n) is 4.57. The molecule has 6 nitrogen and oxygen atoms in total. The van der Waals surface area contributed by atoms with Crippen molar-refractivity contribution in [3.05, 3.63) is 0 Å². The molecule has 0 bridgehead atoms. The van der Waals surface area contributed by atoms with E-state index < -0.39 is 11.4 Å². The molecule has 17 heavy (non-hydrogen) atoms. The first-order valence-corrected chi connectivity index (χ1v) is 5.69. The van der Waals surface area contributed by atoms with E-state index in [1.165, 1.54) is 0 Å². The Morgan fingerprint density at radius 3 is 2.24 bits per heavy atom. The molecule has 0 atom stereocenters. The van der Waals surface area contributed by atoms with Crippen LogP contribution >= 0.6 is 0 Å². The van der Waals surface area contributed by atoms with Gasteiger partial charge in [-0.2, -0.15) is 0 Å². The van der Waals surface area contributed by atoms with Gasteiger partial charge in [-0.1, -0.05) is 0 Å². The molecule has 0 saturated carbocycles. The first-order chi connectivity index (χ1) is 8.05. The molecule has 0 radical (unpaired) electrons. The average molecular weight is 241 g/mol. The standard InChI is InChI=1S/C11H15NO5/c13-8-1-2-9(14)12(8)7-11(10(15)16)3-5-17-6-4-11/h1-7H2,(H,15,16). The van der Waals surface area contributed by atoms with Crippen molar-refractivity contribution < 1.29 is 24.2 Å². The van der Waals surface area contributed by atoms with Crippen molar-refractivity contribution in [2.75, 3.05) is 19.8 Å². The molecule has 0 aromatic carbocycles. The predicted octanol–water partition coefficient (Wildman–Crippen LogP) is 0.0168. The minimum atomic E-state index is -1.02. The third-order valence-electron chi connectivity index (χ3n) is 3.52. The van der Waals surface area contributed by atoms with Gasteiger partial charge in [0.15, 0.2) is 0 Å². The Balaban J connectivity index is 2.15. The third-order valence-corrected chi connectivity index (χ3v) is 3.52. The summed E-state index contributed by atoms with van der Waals surface area (Å²) >= 11 is 0. The Labute approximate surface area is 98.5 Å². The van der Waals surface area contributed by atoms with E-state index in [9.17, 15) is 19.5 Å². The number of hydrogen-bond donors (Lipinski definition) is 1. The third kappa shape index (κ3) is 2.17. The van der Waals surface area contributed by atoms with Gasteiger partial charge in [0.1, 0.15) is 0 Å². The van der Waals surface area contributed by atoms with Gasteiger partial charge in [-0.3, -0.25) is 19.3 Å². The molecule has 2 aliphatic rings.